The third-order valence-electron chi connectivity index (χ3n) is 6.48. The fourth-order valence-corrected chi connectivity index (χ4v) is 4.48. The van der Waals surface area contributed by atoms with Crippen molar-refractivity contribution in [1.29, 1.82) is 5.26 Å². The molecule has 0 spiro atoms. The van der Waals surface area contributed by atoms with Crippen LogP contribution in [-0.4, -0.2) is 48.3 Å². The second kappa shape index (κ2) is 9.19. The largest absolute Gasteiger partial charge is 0.465 e. The van der Waals surface area contributed by atoms with E-state index in [9.17, 15) is 23.8 Å². The number of hydrogen-bond donors (Lipinski definition) is 2. The molecule has 0 aliphatic heterocycles. The van der Waals surface area contributed by atoms with Crippen LogP contribution >= 0.6 is 0 Å². The van der Waals surface area contributed by atoms with Crippen LogP contribution in [0.5, 0.6) is 0 Å². The van der Waals surface area contributed by atoms with Gasteiger partial charge in [-0.05, 0) is 50.8 Å². The van der Waals surface area contributed by atoms with Gasteiger partial charge in [-0.2, -0.15) is 5.26 Å². The molecule has 9 nitrogen and oxygen atoms in total. The molecule has 1 fully saturated rings. The molecule has 35 heavy (non-hydrogen) atoms. The first-order valence-corrected chi connectivity index (χ1v) is 11.3. The highest BCUT2D eigenvalue weighted by atomic mass is 19.3. The van der Waals surface area contributed by atoms with Gasteiger partial charge in [0.2, 0.25) is 0 Å². The molecule has 0 bridgehead atoms. The van der Waals surface area contributed by atoms with Crippen molar-refractivity contribution in [3.8, 4) is 6.07 Å². The molecule has 2 atom stereocenters. The minimum absolute atomic E-state index is 0.00170. The van der Waals surface area contributed by atoms with Crippen molar-refractivity contribution in [2.24, 2.45) is 11.8 Å². The summed E-state index contributed by atoms with van der Waals surface area (Å²) in [6.07, 6.45) is 2.75. The number of aromatic nitrogens is 4. The zero-order valence-electron chi connectivity index (χ0n) is 19.4. The number of nitrogens with zero attached hydrogens (tertiary/aromatic N) is 6. The SMILES string of the molecule is CC(C)(O)c1cnc(N(CC2CCC(F)(F)C(Cn3cnc4ccc(C#N)cc43)C2)C(=O)O)cn1. The van der Waals surface area contributed by atoms with Crippen LogP contribution in [0.25, 0.3) is 11.0 Å². The molecule has 2 heterocycles. The van der Waals surface area contributed by atoms with Gasteiger partial charge in [-0.25, -0.2) is 23.5 Å². The highest BCUT2D eigenvalue weighted by Crippen LogP contribution is 2.43. The molecule has 11 heteroatoms. The Balaban J connectivity index is 1.52. The molecule has 1 aromatic carbocycles. The van der Waals surface area contributed by atoms with E-state index in [-0.39, 0.29) is 49.8 Å². The van der Waals surface area contributed by atoms with E-state index in [2.05, 4.69) is 15.0 Å². The number of carboxylic acid groups (broad SMARTS) is 1. The first kappa shape index (κ1) is 24.5. The summed E-state index contributed by atoms with van der Waals surface area (Å²) >= 11 is 0. The average molecular weight is 485 g/mol. The summed E-state index contributed by atoms with van der Waals surface area (Å²) in [4.78, 5) is 25.4. The summed E-state index contributed by atoms with van der Waals surface area (Å²) in [6, 6.07) is 6.98. The Kier molecular flexibility index (Phi) is 6.42. The monoisotopic (exact) mass is 484 g/mol. The Morgan fingerprint density at radius 1 is 1.31 bits per heavy atom. The molecule has 0 radical (unpaired) electrons. The number of amides is 1. The predicted molar refractivity (Wildman–Crippen MR) is 123 cm³/mol. The van der Waals surface area contributed by atoms with Crippen molar-refractivity contribution in [3.05, 3.63) is 48.2 Å². The van der Waals surface area contributed by atoms with E-state index in [0.717, 1.165) is 4.90 Å². The number of hydrogen-bond acceptors (Lipinski definition) is 6. The van der Waals surface area contributed by atoms with Gasteiger partial charge in [0.15, 0.2) is 5.82 Å². The van der Waals surface area contributed by atoms with Gasteiger partial charge in [0.1, 0.15) is 5.60 Å². The Morgan fingerprint density at radius 2 is 2.09 bits per heavy atom. The Labute approximate surface area is 200 Å². The van der Waals surface area contributed by atoms with Gasteiger partial charge in [0, 0.05) is 25.4 Å². The second-order valence-electron chi connectivity index (χ2n) is 9.52. The van der Waals surface area contributed by atoms with Crippen LogP contribution in [0, 0.1) is 23.2 Å². The highest BCUT2D eigenvalue weighted by molar-refractivity contribution is 5.84. The third-order valence-corrected chi connectivity index (χ3v) is 6.48. The molecule has 1 saturated carbocycles. The number of fused-ring (bicyclic) bond motifs is 1. The van der Waals surface area contributed by atoms with Gasteiger partial charge in [0.25, 0.3) is 5.92 Å². The summed E-state index contributed by atoms with van der Waals surface area (Å²) < 4.78 is 31.4. The molecule has 184 valence electrons. The number of nitriles is 1. The number of halogens is 2. The summed E-state index contributed by atoms with van der Waals surface area (Å²) in [7, 11) is 0. The molecular weight excluding hydrogens is 458 g/mol. The van der Waals surface area contributed by atoms with E-state index in [1.165, 1.54) is 18.7 Å². The standard InChI is InChI=1S/C24H26F2N6O3/c1-23(2,35)20-10-29-21(11-28-20)32(22(33)34)12-16-5-6-24(25,26)17(7-16)13-31-14-30-18-4-3-15(9-27)8-19(18)31/h3-4,8,10-11,14,16-17,35H,5-7,12-13H2,1-2H3,(H,33,34). The molecular formula is C24H26F2N6O3. The van der Waals surface area contributed by atoms with Crippen LogP contribution in [0.15, 0.2) is 36.9 Å². The van der Waals surface area contributed by atoms with E-state index < -0.39 is 23.5 Å². The van der Waals surface area contributed by atoms with Crippen LogP contribution in [-0.2, 0) is 12.1 Å². The maximum Gasteiger partial charge on any atom is 0.413 e. The fourth-order valence-electron chi connectivity index (χ4n) is 4.48. The molecule has 4 rings (SSSR count). The van der Waals surface area contributed by atoms with Crippen molar-refractivity contribution in [1.82, 2.24) is 19.5 Å². The molecule has 2 N–H and O–H groups in total. The Morgan fingerprint density at radius 3 is 2.71 bits per heavy atom. The lowest BCUT2D eigenvalue weighted by Gasteiger charge is -2.37. The Hall–Kier alpha value is -3.65. The molecule has 0 saturated heterocycles. The van der Waals surface area contributed by atoms with E-state index >= 15 is 0 Å². The van der Waals surface area contributed by atoms with Gasteiger partial charge in [-0.15, -0.1) is 0 Å². The summed E-state index contributed by atoms with van der Waals surface area (Å²) in [5.41, 5.74) is 0.700. The summed E-state index contributed by atoms with van der Waals surface area (Å²) in [5, 5.41) is 29.0. The number of imidazole rings is 1. The topological polar surface area (TPSA) is 128 Å². The zero-order chi connectivity index (χ0) is 25.4. The molecule has 2 aromatic heterocycles. The molecule has 1 amide bonds. The quantitative estimate of drug-likeness (QED) is 0.538. The number of benzene rings is 1. The minimum Gasteiger partial charge on any atom is -0.465 e. The molecule has 2 unspecified atom stereocenters. The second-order valence-corrected chi connectivity index (χ2v) is 9.52. The van der Waals surface area contributed by atoms with Crippen molar-refractivity contribution < 1.29 is 23.8 Å². The molecule has 3 aromatic rings. The third kappa shape index (κ3) is 5.22. The average Bonchev–Trinajstić information content (AvgIpc) is 3.20. The van der Waals surface area contributed by atoms with Crippen LogP contribution < -0.4 is 4.90 Å². The van der Waals surface area contributed by atoms with Gasteiger partial charge >= 0.3 is 6.09 Å². The number of anilines is 1. The van der Waals surface area contributed by atoms with Crippen LogP contribution in [0.3, 0.4) is 0 Å². The fraction of sp³-hybridized carbons (Fsp3) is 0.458. The summed E-state index contributed by atoms with van der Waals surface area (Å²) in [6.45, 7) is 3.08. The normalized spacial score (nSPS) is 19.9. The number of alkyl halides is 2. The van der Waals surface area contributed by atoms with Gasteiger partial charge in [0.05, 0.1) is 47.1 Å². The number of rotatable bonds is 6. The molecule has 1 aliphatic carbocycles. The van der Waals surface area contributed by atoms with Crippen LogP contribution in [0.1, 0.15) is 44.4 Å². The maximum atomic E-state index is 14.9. The van der Waals surface area contributed by atoms with Crippen molar-refractivity contribution in [2.75, 3.05) is 11.4 Å². The van der Waals surface area contributed by atoms with Crippen LogP contribution in [0.2, 0.25) is 0 Å². The summed E-state index contributed by atoms with van der Waals surface area (Å²) in [5.74, 6) is -4.18. The van der Waals surface area contributed by atoms with E-state index in [1.54, 1.807) is 36.6 Å². The van der Waals surface area contributed by atoms with E-state index in [4.69, 9.17) is 5.26 Å². The maximum absolute atomic E-state index is 14.9. The van der Waals surface area contributed by atoms with Crippen molar-refractivity contribution >= 4 is 22.9 Å². The van der Waals surface area contributed by atoms with Crippen molar-refractivity contribution in [3.63, 3.8) is 0 Å². The van der Waals surface area contributed by atoms with E-state index in [0.29, 0.717) is 16.6 Å². The van der Waals surface area contributed by atoms with Crippen molar-refractivity contribution in [2.45, 2.75) is 51.2 Å². The minimum atomic E-state index is -2.91. The molecule has 1 aliphatic rings. The first-order chi connectivity index (χ1) is 16.5. The first-order valence-electron chi connectivity index (χ1n) is 11.3. The van der Waals surface area contributed by atoms with Gasteiger partial charge in [-0.3, -0.25) is 9.88 Å². The van der Waals surface area contributed by atoms with E-state index in [1.807, 2.05) is 6.07 Å². The van der Waals surface area contributed by atoms with Crippen LogP contribution in [0.4, 0.5) is 19.4 Å². The lowest BCUT2D eigenvalue weighted by Crippen LogP contribution is -2.43. The highest BCUT2D eigenvalue weighted by Gasteiger charge is 2.45. The lowest BCUT2D eigenvalue weighted by molar-refractivity contribution is -0.102. The predicted octanol–water partition coefficient (Wildman–Crippen LogP) is 4.16. The zero-order valence-corrected chi connectivity index (χ0v) is 19.4. The number of carbonyl (C=O) groups is 1. The van der Waals surface area contributed by atoms with Gasteiger partial charge in [-0.1, -0.05) is 0 Å². The van der Waals surface area contributed by atoms with Gasteiger partial charge < -0.3 is 14.8 Å². The smallest absolute Gasteiger partial charge is 0.413 e. The Bertz CT molecular complexity index is 1260. The lowest BCUT2D eigenvalue weighted by atomic mass is 9.78. The number of aliphatic hydroxyl groups is 1.